The summed E-state index contributed by atoms with van der Waals surface area (Å²) in [6.45, 7) is 4.31. The number of amides is 1. The minimum Gasteiger partial charge on any atom is -0.478 e. The van der Waals surface area contributed by atoms with E-state index in [0.717, 1.165) is 4.90 Å². The smallest absolute Gasteiger partial charge is 0.410 e. The summed E-state index contributed by atoms with van der Waals surface area (Å²) in [5.74, 6) is -6.78. The van der Waals surface area contributed by atoms with Crippen LogP contribution in [0.2, 0.25) is 0 Å². The second-order valence-corrected chi connectivity index (χ2v) is 12.2. The number of alkyl halides is 2. The van der Waals surface area contributed by atoms with E-state index in [9.17, 15) is 23.9 Å². The number of nitrogens with zero attached hydrogens (tertiary/aromatic N) is 4. The number of carbonyl (C=O) groups is 3. The fourth-order valence-corrected chi connectivity index (χ4v) is 6.28. The van der Waals surface area contributed by atoms with Crippen molar-refractivity contribution in [3.05, 3.63) is 63.0 Å². The molecule has 236 valence electrons. The highest BCUT2D eigenvalue weighted by Crippen LogP contribution is 2.44. The van der Waals surface area contributed by atoms with Crippen molar-refractivity contribution in [3.8, 4) is 0 Å². The van der Waals surface area contributed by atoms with Crippen LogP contribution >= 0.6 is 11.3 Å². The summed E-state index contributed by atoms with van der Waals surface area (Å²) in [7, 11) is 0. The van der Waals surface area contributed by atoms with Gasteiger partial charge >= 0.3 is 18.0 Å². The van der Waals surface area contributed by atoms with Crippen LogP contribution in [0.1, 0.15) is 42.9 Å². The maximum atomic E-state index is 15.4. The number of hydrogen-bond acceptors (Lipinski definition) is 10. The number of likely N-dealkylation sites (tertiary alicyclic amines) is 2. The number of halogens is 3. The van der Waals surface area contributed by atoms with Crippen LogP contribution in [-0.4, -0.2) is 94.1 Å². The van der Waals surface area contributed by atoms with E-state index in [0.29, 0.717) is 10.6 Å². The highest BCUT2D eigenvalue weighted by Gasteiger charge is 2.59. The van der Waals surface area contributed by atoms with Crippen molar-refractivity contribution in [2.45, 2.75) is 51.3 Å². The van der Waals surface area contributed by atoms with E-state index in [1.54, 1.807) is 31.5 Å². The van der Waals surface area contributed by atoms with Gasteiger partial charge in [0.15, 0.2) is 10.8 Å². The number of carbonyl (C=O) groups excluding carboxylic acids is 2. The minimum atomic E-state index is -3.20. The molecule has 0 unspecified atom stereocenters. The van der Waals surface area contributed by atoms with E-state index >= 15 is 8.78 Å². The Labute approximate surface area is 255 Å². The molecule has 0 saturated carbocycles. The van der Waals surface area contributed by atoms with Crippen LogP contribution in [0.4, 0.5) is 18.0 Å². The second-order valence-electron chi connectivity index (χ2n) is 11.3. The van der Waals surface area contributed by atoms with Gasteiger partial charge in [-0.05, 0) is 44.9 Å². The number of amidine groups is 1. The molecule has 44 heavy (non-hydrogen) atoms. The van der Waals surface area contributed by atoms with Gasteiger partial charge in [-0.25, -0.2) is 32.5 Å². The molecule has 0 aliphatic carbocycles. The van der Waals surface area contributed by atoms with E-state index in [2.05, 4.69) is 10.3 Å². The van der Waals surface area contributed by atoms with Gasteiger partial charge in [0.25, 0.3) is 5.92 Å². The van der Waals surface area contributed by atoms with Gasteiger partial charge in [0, 0.05) is 43.0 Å². The van der Waals surface area contributed by atoms with Gasteiger partial charge in [-0.3, -0.25) is 9.89 Å². The zero-order chi connectivity index (χ0) is 32.0. The molecule has 1 aromatic carbocycles. The molecule has 2 fully saturated rings. The Morgan fingerprint density at radius 1 is 1.25 bits per heavy atom. The first-order valence-electron chi connectivity index (χ1n) is 14.0. The summed E-state index contributed by atoms with van der Waals surface area (Å²) >= 11 is 1.27. The number of nitrogens with one attached hydrogen (secondary N) is 1. The molecule has 3 aliphatic rings. The van der Waals surface area contributed by atoms with Crippen LogP contribution in [0.5, 0.6) is 0 Å². The molecule has 1 amide bonds. The van der Waals surface area contributed by atoms with Crippen LogP contribution < -0.4 is 5.32 Å². The number of benzene rings is 1. The molecule has 3 atom stereocenters. The number of ether oxygens (including phenoxy) is 2. The standard InChI is InChI=1S/C29H32F3N5O6S/c1-5-42-25(38)21-19(34-23(24-33-9-10-44-24)35-22(21)16-7-6-8-18(30)15(16)2)12-37-14-29(31,32)17-11-36(13-20(17)37)27(41)43-28(3,4)26(39)40/h6-10,17,20,22H,5,11-14H2,1-4H3,(H,34,35)(H,39,40)/t17-,20+,22+/m1/s1. The Balaban J connectivity index is 1.52. The van der Waals surface area contributed by atoms with Crippen molar-refractivity contribution in [2.24, 2.45) is 10.9 Å². The third kappa shape index (κ3) is 5.89. The summed E-state index contributed by atoms with van der Waals surface area (Å²) in [4.78, 5) is 49.3. The predicted octanol–water partition coefficient (Wildman–Crippen LogP) is 3.75. The Morgan fingerprint density at radius 3 is 2.66 bits per heavy atom. The molecular formula is C29H32F3N5O6S. The number of hydrogen-bond donors (Lipinski definition) is 2. The summed E-state index contributed by atoms with van der Waals surface area (Å²) in [5, 5.41) is 14.7. The molecule has 2 N–H and O–H groups in total. The van der Waals surface area contributed by atoms with Gasteiger partial charge in [-0.2, -0.15) is 0 Å². The SMILES string of the molecule is CCOC(=O)C1=C(CN2CC(F)(F)[C@@H]3CN(C(=O)OC(C)(C)C(=O)O)C[C@@H]32)NC(c2nccs2)=N[C@H]1c1cccc(F)c1C. The molecule has 4 heterocycles. The van der Waals surface area contributed by atoms with Crippen LogP contribution in [0.25, 0.3) is 0 Å². The number of carboxylic acids is 1. The molecule has 2 saturated heterocycles. The van der Waals surface area contributed by atoms with Crippen LogP contribution in [0.3, 0.4) is 0 Å². The molecule has 2 aromatic rings. The highest BCUT2D eigenvalue weighted by molar-refractivity contribution is 7.11. The first kappa shape index (κ1) is 31.4. The monoisotopic (exact) mass is 635 g/mol. The number of esters is 1. The molecule has 0 radical (unpaired) electrons. The van der Waals surface area contributed by atoms with E-state index in [1.165, 1.54) is 42.2 Å². The Hall–Kier alpha value is -3.98. The Kier molecular flexibility index (Phi) is 8.46. The maximum absolute atomic E-state index is 15.4. The summed E-state index contributed by atoms with van der Waals surface area (Å²) in [5.41, 5.74) is -0.893. The Bertz CT molecular complexity index is 1530. The second kappa shape index (κ2) is 11.8. The highest BCUT2D eigenvalue weighted by atomic mass is 32.1. The number of rotatable bonds is 8. The number of aromatic nitrogens is 1. The minimum absolute atomic E-state index is 0.0315. The van der Waals surface area contributed by atoms with Gasteiger partial charge in [0.1, 0.15) is 11.9 Å². The molecule has 3 aliphatic heterocycles. The molecule has 11 nitrogen and oxygen atoms in total. The normalized spacial score (nSPS) is 23.2. The van der Waals surface area contributed by atoms with Crippen molar-refractivity contribution in [2.75, 3.05) is 32.8 Å². The van der Waals surface area contributed by atoms with E-state index < -0.39 is 59.9 Å². The van der Waals surface area contributed by atoms with Gasteiger partial charge in [0.05, 0.1) is 24.6 Å². The molecule has 5 rings (SSSR count). The van der Waals surface area contributed by atoms with Crippen LogP contribution in [0.15, 0.2) is 46.0 Å². The van der Waals surface area contributed by atoms with Crippen LogP contribution in [-0.2, 0) is 19.1 Å². The third-order valence-corrected chi connectivity index (χ3v) is 8.83. The van der Waals surface area contributed by atoms with Crippen molar-refractivity contribution in [1.82, 2.24) is 20.1 Å². The van der Waals surface area contributed by atoms with Crippen molar-refractivity contribution < 1.29 is 42.1 Å². The average molecular weight is 636 g/mol. The summed E-state index contributed by atoms with van der Waals surface area (Å²) < 4.78 is 56.0. The van der Waals surface area contributed by atoms with Gasteiger partial charge in [-0.1, -0.05) is 12.1 Å². The maximum Gasteiger partial charge on any atom is 0.410 e. The number of carboxylic acid groups (broad SMARTS) is 1. The molecule has 15 heteroatoms. The number of fused-ring (bicyclic) bond motifs is 1. The summed E-state index contributed by atoms with van der Waals surface area (Å²) in [6.07, 6.45) is 0.560. The first-order chi connectivity index (χ1) is 20.7. The Morgan fingerprint density at radius 2 is 2.00 bits per heavy atom. The van der Waals surface area contributed by atoms with Gasteiger partial charge in [0.2, 0.25) is 5.60 Å². The average Bonchev–Trinajstić information content (AvgIpc) is 3.69. The van der Waals surface area contributed by atoms with Crippen LogP contribution in [0, 0.1) is 18.7 Å². The van der Waals surface area contributed by atoms with E-state index in [-0.39, 0.29) is 48.9 Å². The molecule has 0 spiro atoms. The fraction of sp³-hybridized carbons (Fsp3) is 0.483. The fourth-order valence-electron chi connectivity index (χ4n) is 5.69. The van der Waals surface area contributed by atoms with E-state index in [4.69, 9.17) is 14.5 Å². The lowest BCUT2D eigenvalue weighted by Crippen LogP contribution is -2.45. The molecule has 0 bridgehead atoms. The van der Waals surface area contributed by atoms with Crippen molar-refractivity contribution in [3.63, 3.8) is 0 Å². The molecule has 1 aromatic heterocycles. The number of aliphatic carboxylic acids is 1. The van der Waals surface area contributed by atoms with Crippen molar-refractivity contribution >= 4 is 35.2 Å². The number of thiazole rings is 1. The first-order valence-corrected chi connectivity index (χ1v) is 14.8. The van der Waals surface area contributed by atoms with Crippen molar-refractivity contribution in [1.29, 1.82) is 0 Å². The van der Waals surface area contributed by atoms with Gasteiger partial charge < -0.3 is 24.8 Å². The zero-order valence-corrected chi connectivity index (χ0v) is 25.3. The number of aliphatic imine (C=N–C) groups is 1. The quantitative estimate of drug-likeness (QED) is 0.416. The van der Waals surface area contributed by atoms with Gasteiger partial charge in [-0.15, -0.1) is 11.3 Å². The topological polar surface area (TPSA) is 134 Å². The lowest BCUT2D eigenvalue weighted by molar-refractivity contribution is -0.155. The molecular weight excluding hydrogens is 603 g/mol. The van der Waals surface area contributed by atoms with E-state index in [1.807, 2.05) is 0 Å². The largest absolute Gasteiger partial charge is 0.478 e. The third-order valence-electron chi connectivity index (χ3n) is 8.05. The zero-order valence-electron chi connectivity index (χ0n) is 24.5. The lowest BCUT2D eigenvalue weighted by Gasteiger charge is -2.32. The predicted molar refractivity (Wildman–Crippen MR) is 153 cm³/mol. The summed E-state index contributed by atoms with van der Waals surface area (Å²) in [6, 6.07) is 2.59. The lowest BCUT2D eigenvalue weighted by atomic mass is 9.92.